The van der Waals surface area contributed by atoms with E-state index < -0.39 is 17.9 Å². The second kappa shape index (κ2) is 7.06. The van der Waals surface area contributed by atoms with Crippen LogP contribution >= 0.6 is 0 Å². The summed E-state index contributed by atoms with van der Waals surface area (Å²) >= 11 is 0. The molecule has 0 spiro atoms. The molecule has 1 aromatic rings. The molecular formula is C16H16O7. The summed E-state index contributed by atoms with van der Waals surface area (Å²) in [5, 5.41) is 9.24. The fourth-order valence-electron chi connectivity index (χ4n) is 1.81. The number of hydrogen-bond acceptors (Lipinski definition) is 6. The molecule has 122 valence electrons. The Hall–Kier alpha value is -2.67. The van der Waals surface area contributed by atoms with E-state index in [2.05, 4.69) is 6.58 Å². The molecule has 0 aromatic heterocycles. The highest BCUT2D eigenvalue weighted by atomic mass is 16.6. The smallest absolute Gasteiger partial charge is 0.338 e. The number of esters is 2. The highest BCUT2D eigenvalue weighted by Crippen LogP contribution is 2.19. The van der Waals surface area contributed by atoms with Gasteiger partial charge in [0.2, 0.25) is 0 Å². The quantitative estimate of drug-likeness (QED) is 0.462. The normalized spacial score (nSPS) is 15.6. The molecule has 1 saturated heterocycles. The number of carboxylic acid groups (broad SMARTS) is 1. The number of epoxide rings is 1. The fraction of sp³-hybridized carbons (Fsp3) is 0.312. The van der Waals surface area contributed by atoms with Gasteiger partial charge in [-0.1, -0.05) is 12.6 Å². The Morgan fingerprint density at radius 2 is 1.96 bits per heavy atom. The first kappa shape index (κ1) is 16.7. The van der Waals surface area contributed by atoms with Crippen LogP contribution < -0.4 is 0 Å². The summed E-state index contributed by atoms with van der Waals surface area (Å²) in [7, 11) is 0. The van der Waals surface area contributed by atoms with Crippen molar-refractivity contribution in [1.82, 2.24) is 0 Å². The first-order valence-corrected chi connectivity index (χ1v) is 6.86. The molecule has 0 amide bonds. The van der Waals surface area contributed by atoms with Crippen LogP contribution in [-0.2, 0) is 25.6 Å². The van der Waals surface area contributed by atoms with Gasteiger partial charge in [0.15, 0.2) is 0 Å². The molecule has 1 aliphatic rings. The molecule has 7 heteroatoms. The highest BCUT2D eigenvalue weighted by molar-refractivity contribution is 5.97. The number of benzene rings is 1. The number of hydrogen-bond donors (Lipinski definition) is 1. The molecule has 1 N–H and O–H groups in total. The van der Waals surface area contributed by atoms with Crippen LogP contribution in [-0.4, -0.2) is 42.3 Å². The van der Waals surface area contributed by atoms with Gasteiger partial charge < -0.3 is 19.3 Å². The van der Waals surface area contributed by atoms with E-state index in [1.54, 1.807) is 0 Å². The minimum atomic E-state index is -1.23. The second-order valence-corrected chi connectivity index (χ2v) is 5.05. The van der Waals surface area contributed by atoms with Crippen LogP contribution in [0, 0.1) is 0 Å². The second-order valence-electron chi connectivity index (χ2n) is 5.05. The van der Waals surface area contributed by atoms with E-state index in [0.717, 1.165) is 0 Å². The van der Waals surface area contributed by atoms with E-state index in [0.29, 0.717) is 6.61 Å². The lowest BCUT2D eigenvalue weighted by molar-refractivity contribution is -0.140. The average Bonchev–Trinajstić information content (AvgIpc) is 3.33. The summed E-state index contributed by atoms with van der Waals surface area (Å²) in [4.78, 5) is 34.9. The van der Waals surface area contributed by atoms with Gasteiger partial charge in [-0.3, -0.25) is 0 Å². The lowest BCUT2D eigenvalue weighted by atomic mass is 10.0. The molecule has 0 saturated carbocycles. The van der Waals surface area contributed by atoms with Crippen molar-refractivity contribution >= 4 is 17.9 Å². The lowest BCUT2D eigenvalue weighted by Gasteiger charge is -2.12. The molecule has 1 aliphatic heterocycles. The van der Waals surface area contributed by atoms with Crippen molar-refractivity contribution in [3.05, 3.63) is 47.0 Å². The van der Waals surface area contributed by atoms with Crippen molar-refractivity contribution in [1.29, 1.82) is 0 Å². The molecular weight excluding hydrogens is 304 g/mol. The summed E-state index contributed by atoms with van der Waals surface area (Å²) in [5.74, 6) is -2.59. The van der Waals surface area contributed by atoms with Crippen molar-refractivity contribution in [2.24, 2.45) is 0 Å². The van der Waals surface area contributed by atoms with E-state index in [1.807, 2.05) is 0 Å². The summed E-state index contributed by atoms with van der Waals surface area (Å²) in [6.45, 7) is 5.18. The van der Waals surface area contributed by atoms with Crippen LogP contribution in [0.25, 0.3) is 0 Å². The van der Waals surface area contributed by atoms with Gasteiger partial charge in [0.05, 0.1) is 17.7 Å². The number of aromatic carboxylic acids is 1. The van der Waals surface area contributed by atoms with Crippen LogP contribution in [0.1, 0.15) is 33.2 Å². The van der Waals surface area contributed by atoms with Crippen LogP contribution in [0.3, 0.4) is 0 Å². The van der Waals surface area contributed by atoms with Gasteiger partial charge >= 0.3 is 17.9 Å². The largest absolute Gasteiger partial charge is 0.478 e. The van der Waals surface area contributed by atoms with Crippen molar-refractivity contribution in [3.63, 3.8) is 0 Å². The molecule has 1 atom stereocenters. The minimum Gasteiger partial charge on any atom is -0.478 e. The average molecular weight is 320 g/mol. The maximum atomic E-state index is 12.1. The number of ether oxygens (including phenoxy) is 3. The van der Waals surface area contributed by atoms with Gasteiger partial charge in [-0.25, -0.2) is 14.4 Å². The zero-order valence-electron chi connectivity index (χ0n) is 12.5. The molecule has 1 aromatic carbocycles. The van der Waals surface area contributed by atoms with E-state index in [4.69, 9.17) is 14.2 Å². The molecule has 0 radical (unpaired) electrons. The van der Waals surface area contributed by atoms with Gasteiger partial charge in [0.25, 0.3) is 0 Å². The molecule has 1 unspecified atom stereocenters. The molecule has 7 nitrogen and oxygen atoms in total. The van der Waals surface area contributed by atoms with E-state index in [-0.39, 0.29) is 41.6 Å². The van der Waals surface area contributed by atoms with E-state index >= 15 is 0 Å². The lowest BCUT2D eigenvalue weighted by Crippen LogP contribution is -2.17. The van der Waals surface area contributed by atoms with Crippen molar-refractivity contribution in [3.8, 4) is 0 Å². The van der Waals surface area contributed by atoms with Crippen LogP contribution in [0.5, 0.6) is 0 Å². The highest BCUT2D eigenvalue weighted by Gasteiger charge is 2.26. The number of carboxylic acids is 1. The third-order valence-electron chi connectivity index (χ3n) is 3.13. The molecule has 0 bridgehead atoms. The predicted molar refractivity (Wildman–Crippen MR) is 78.0 cm³/mol. The SMILES string of the molecule is C=C(C)C(=O)OCc1c(C(=O)O)cccc1C(=O)OCC1CO1. The van der Waals surface area contributed by atoms with Crippen LogP contribution in [0.2, 0.25) is 0 Å². The Morgan fingerprint density at radius 3 is 2.52 bits per heavy atom. The first-order chi connectivity index (χ1) is 10.9. The van der Waals surface area contributed by atoms with Crippen LogP contribution in [0.4, 0.5) is 0 Å². The third-order valence-corrected chi connectivity index (χ3v) is 3.13. The van der Waals surface area contributed by atoms with Gasteiger partial charge in [-0.2, -0.15) is 0 Å². The summed E-state index contributed by atoms with van der Waals surface area (Å²) in [5.41, 5.74) is 0.167. The predicted octanol–water partition coefficient (Wildman–Crippen LogP) is 1.56. The maximum Gasteiger partial charge on any atom is 0.338 e. The van der Waals surface area contributed by atoms with Gasteiger partial charge in [-0.15, -0.1) is 0 Å². The minimum absolute atomic E-state index is 0.0417. The Morgan fingerprint density at radius 1 is 1.30 bits per heavy atom. The molecule has 23 heavy (non-hydrogen) atoms. The molecule has 0 aliphatic carbocycles. The monoisotopic (exact) mass is 320 g/mol. The van der Waals surface area contributed by atoms with E-state index in [1.165, 1.54) is 25.1 Å². The van der Waals surface area contributed by atoms with Crippen molar-refractivity contribution < 1.29 is 33.7 Å². The number of carbonyl (C=O) groups is 3. The maximum absolute atomic E-state index is 12.1. The van der Waals surface area contributed by atoms with Crippen molar-refractivity contribution in [2.45, 2.75) is 19.6 Å². The molecule has 1 fully saturated rings. The Labute approximate surface area is 132 Å². The van der Waals surface area contributed by atoms with Gasteiger partial charge in [-0.05, 0) is 19.1 Å². The summed E-state index contributed by atoms with van der Waals surface area (Å²) in [6.07, 6.45) is -0.105. The third kappa shape index (κ3) is 4.40. The van der Waals surface area contributed by atoms with Gasteiger partial charge in [0, 0.05) is 11.1 Å². The van der Waals surface area contributed by atoms with Gasteiger partial charge in [0.1, 0.15) is 19.3 Å². The zero-order chi connectivity index (χ0) is 17.0. The Bertz CT molecular complexity index is 658. The fourth-order valence-corrected chi connectivity index (χ4v) is 1.81. The topological polar surface area (TPSA) is 102 Å². The standard InChI is InChI=1S/C16H16O7/c1-9(2)15(19)23-8-13-11(14(17)18)4-3-5-12(13)16(20)22-7-10-6-21-10/h3-5,10H,1,6-8H2,2H3,(H,17,18). The van der Waals surface area contributed by atoms with Crippen LogP contribution in [0.15, 0.2) is 30.4 Å². The first-order valence-electron chi connectivity index (χ1n) is 6.86. The van der Waals surface area contributed by atoms with E-state index in [9.17, 15) is 19.5 Å². The number of carbonyl (C=O) groups excluding carboxylic acids is 2. The summed E-state index contributed by atoms with van der Waals surface area (Å²) in [6, 6.07) is 4.18. The molecule has 1 heterocycles. The zero-order valence-corrected chi connectivity index (χ0v) is 12.5. The number of rotatable bonds is 7. The Balaban J connectivity index is 2.22. The molecule has 2 rings (SSSR count). The van der Waals surface area contributed by atoms with Crippen molar-refractivity contribution in [2.75, 3.05) is 13.2 Å². The Kier molecular flexibility index (Phi) is 5.13. The summed E-state index contributed by atoms with van der Waals surface area (Å²) < 4.78 is 15.0.